The van der Waals surface area contributed by atoms with Gasteiger partial charge in [-0.1, -0.05) is 0 Å². The summed E-state index contributed by atoms with van der Waals surface area (Å²) in [5, 5.41) is 0. The standard InChI is InChI=1S/C14H22N2O2/c1-14(2,3)16(10-9-15)13(17)11-5-7-12(18-4)8-6-11/h5-8H,9-10,15H2,1-4H3. The number of benzene rings is 1. The molecule has 0 fully saturated rings. The molecule has 0 radical (unpaired) electrons. The van der Waals surface area contributed by atoms with E-state index in [-0.39, 0.29) is 11.4 Å². The lowest BCUT2D eigenvalue weighted by atomic mass is 10.0. The van der Waals surface area contributed by atoms with Crippen molar-refractivity contribution < 1.29 is 9.53 Å². The maximum atomic E-state index is 12.4. The molecule has 0 aliphatic heterocycles. The first-order chi connectivity index (χ1) is 8.40. The lowest BCUT2D eigenvalue weighted by molar-refractivity contribution is 0.0591. The van der Waals surface area contributed by atoms with Gasteiger partial charge < -0.3 is 15.4 Å². The summed E-state index contributed by atoms with van der Waals surface area (Å²) < 4.78 is 5.08. The molecule has 0 saturated heterocycles. The van der Waals surface area contributed by atoms with E-state index in [2.05, 4.69) is 0 Å². The summed E-state index contributed by atoms with van der Waals surface area (Å²) in [7, 11) is 1.60. The molecule has 0 saturated carbocycles. The molecule has 1 aromatic rings. The van der Waals surface area contributed by atoms with Gasteiger partial charge in [-0.3, -0.25) is 4.79 Å². The van der Waals surface area contributed by atoms with Crippen LogP contribution in [0.3, 0.4) is 0 Å². The van der Waals surface area contributed by atoms with Crippen LogP contribution in [0, 0.1) is 0 Å². The minimum atomic E-state index is -0.240. The van der Waals surface area contributed by atoms with Crippen LogP contribution in [0.2, 0.25) is 0 Å². The van der Waals surface area contributed by atoms with Gasteiger partial charge in [0.15, 0.2) is 0 Å². The summed E-state index contributed by atoms with van der Waals surface area (Å²) in [5.74, 6) is 0.739. The molecule has 4 nitrogen and oxygen atoms in total. The summed E-state index contributed by atoms with van der Waals surface area (Å²) in [6, 6.07) is 7.12. The van der Waals surface area contributed by atoms with Gasteiger partial charge in [-0.25, -0.2) is 0 Å². The zero-order valence-electron chi connectivity index (χ0n) is 11.6. The van der Waals surface area contributed by atoms with Gasteiger partial charge in [-0.05, 0) is 45.0 Å². The number of carbonyl (C=O) groups excluding carboxylic acids is 1. The first-order valence-electron chi connectivity index (χ1n) is 6.06. The van der Waals surface area contributed by atoms with Crippen molar-refractivity contribution in [3.05, 3.63) is 29.8 Å². The minimum Gasteiger partial charge on any atom is -0.497 e. The van der Waals surface area contributed by atoms with Crippen molar-refractivity contribution in [2.45, 2.75) is 26.3 Å². The van der Waals surface area contributed by atoms with E-state index in [1.807, 2.05) is 20.8 Å². The highest BCUT2D eigenvalue weighted by Crippen LogP contribution is 2.18. The second-order valence-corrected chi connectivity index (χ2v) is 5.14. The molecule has 2 N–H and O–H groups in total. The van der Waals surface area contributed by atoms with Crippen LogP contribution in [0.15, 0.2) is 24.3 Å². The quantitative estimate of drug-likeness (QED) is 0.888. The van der Waals surface area contributed by atoms with E-state index in [4.69, 9.17) is 10.5 Å². The van der Waals surface area contributed by atoms with Crippen LogP contribution in [-0.2, 0) is 0 Å². The van der Waals surface area contributed by atoms with Crippen LogP contribution >= 0.6 is 0 Å². The molecule has 0 bridgehead atoms. The summed E-state index contributed by atoms with van der Waals surface area (Å²) in [4.78, 5) is 14.2. The van der Waals surface area contributed by atoms with Crippen molar-refractivity contribution in [3.8, 4) is 5.75 Å². The molecule has 0 spiro atoms. The van der Waals surface area contributed by atoms with Crippen molar-refractivity contribution >= 4 is 5.91 Å². The van der Waals surface area contributed by atoms with Gasteiger partial charge >= 0.3 is 0 Å². The number of carbonyl (C=O) groups is 1. The number of nitrogens with zero attached hydrogens (tertiary/aromatic N) is 1. The zero-order valence-corrected chi connectivity index (χ0v) is 11.6. The molecule has 100 valence electrons. The van der Waals surface area contributed by atoms with Crippen LogP contribution in [0.4, 0.5) is 0 Å². The monoisotopic (exact) mass is 250 g/mol. The number of methoxy groups -OCH3 is 1. The molecule has 4 heteroatoms. The molecular weight excluding hydrogens is 228 g/mol. The van der Waals surface area contributed by atoms with Gasteiger partial charge in [-0.2, -0.15) is 0 Å². The van der Waals surface area contributed by atoms with Gasteiger partial charge in [0.2, 0.25) is 0 Å². The van der Waals surface area contributed by atoms with Crippen LogP contribution < -0.4 is 10.5 Å². The number of rotatable bonds is 4. The molecule has 0 aromatic heterocycles. The smallest absolute Gasteiger partial charge is 0.254 e. The van der Waals surface area contributed by atoms with Gasteiger partial charge in [0.25, 0.3) is 5.91 Å². The van der Waals surface area contributed by atoms with Crippen molar-refractivity contribution in [2.75, 3.05) is 20.2 Å². The summed E-state index contributed by atoms with van der Waals surface area (Å²) in [5.41, 5.74) is 5.99. The maximum absolute atomic E-state index is 12.4. The lowest BCUT2D eigenvalue weighted by Gasteiger charge is -2.35. The van der Waals surface area contributed by atoms with Crippen LogP contribution in [0.5, 0.6) is 5.75 Å². The number of hydrogen-bond donors (Lipinski definition) is 1. The predicted octanol–water partition coefficient (Wildman–Crippen LogP) is 1.89. The third-order valence-corrected chi connectivity index (χ3v) is 2.74. The maximum Gasteiger partial charge on any atom is 0.254 e. The average Bonchev–Trinajstić information content (AvgIpc) is 2.34. The van der Waals surface area contributed by atoms with Crippen molar-refractivity contribution in [1.29, 1.82) is 0 Å². The molecule has 0 aliphatic carbocycles. The Morgan fingerprint density at radius 2 is 1.83 bits per heavy atom. The molecule has 1 amide bonds. The van der Waals surface area contributed by atoms with E-state index in [1.54, 1.807) is 36.3 Å². The number of ether oxygens (including phenoxy) is 1. The highest BCUT2D eigenvalue weighted by molar-refractivity contribution is 5.94. The molecule has 18 heavy (non-hydrogen) atoms. The SMILES string of the molecule is COc1ccc(C(=O)N(CCN)C(C)(C)C)cc1. The first-order valence-corrected chi connectivity index (χ1v) is 6.06. The minimum absolute atomic E-state index is 0.00407. The van der Waals surface area contributed by atoms with Gasteiger partial charge in [0.05, 0.1) is 7.11 Å². The summed E-state index contributed by atoms with van der Waals surface area (Å²) in [6.07, 6.45) is 0. The van der Waals surface area contributed by atoms with E-state index in [1.165, 1.54) is 0 Å². The Bertz CT molecular complexity index is 393. The van der Waals surface area contributed by atoms with E-state index in [0.717, 1.165) is 5.75 Å². The Morgan fingerprint density at radius 1 is 1.28 bits per heavy atom. The Morgan fingerprint density at radius 3 is 2.22 bits per heavy atom. The van der Waals surface area contributed by atoms with Crippen LogP contribution in [0.25, 0.3) is 0 Å². The fourth-order valence-corrected chi connectivity index (χ4v) is 1.76. The highest BCUT2D eigenvalue weighted by Gasteiger charge is 2.26. The van der Waals surface area contributed by atoms with Gasteiger partial charge in [-0.15, -0.1) is 0 Å². The predicted molar refractivity (Wildman–Crippen MR) is 72.8 cm³/mol. The average molecular weight is 250 g/mol. The Kier molecular flexibility index (Phi) is 4.73. The molecule has 0 heterocycles. The van der Waals surface area contributed by atoms with E-state index in [0.29, 0.717) is 18.7 Å². The van der Waals surface area contributed by atoms with Gasteiger partial charge in [0.1, 0.15) is 5.75 Å². The Hall–Kier alpha value is -1.55. The Labute approximate surface area is 109 Å². The number of amides is 1. The molecule has 0 atom stereocenters. The topological polar surface area (TPSA) is 55.6 Å². The highest BCUT2D eigenvalue weighted by atomic mass is 16.5. The van der Waals surface area contributed by atoms with E-state index in [9.17, 15) is 4.79 Å². The molecular formula is C14H22N2O2. The third kappa shape index (κ3) is 3.47. The fourth-order valence-electron chi connectivity index (χ4n) is 1.76. The van der Waals surface area contributed by atoms with E-state index >= 15 is 0 Å². The second kappa shape index (κ2) is 5.87. The largest absolute Gasteiger partial charge is 0.497 e. The number of nitrogens with two attached hydrogens (primary N) is 1. The fraction of sp³-hybridized carbons (Fsp3) is 0.500. The van der Waals surface area contributed by atoms with Crippen molar-refractivity contribution in [3.63, 3.8) is 0 Å². The van der Waals surface area contributed by atoms with Crippen LogP contribution in [0.1, 0.15) is 31.1 Å². The molecule has 1 aromatic carbocycles. The molecule has 0 unspecified atom stereocenters. The zero-order chi connectivity index (χ0) is 13.8. The Balaban J connectivity index is 2.94. The number of hydrogen-bond acceptors (Lipinski definition) is 3. The van der Waals surface area contributed by atoms with Crippen molar-refractivity contribution in [1.82, 2.24) is 4.90 Å². The van der Waals surface area contributed by atoms with E-state index < -0.39 is 0 Å². The van der Waals surface area contributed by atoms with Crippen LogP contribution in [-0.4, -0.2) is 36.5 Å². The lowest BCUT2D eigenvalue weighted by Crippen LogP contribution is -2.47. The second-order valence-electron chi connectivity index (χ2n) is 5.14. The summed E-state index contributed by atoms with van der Waals surface area (Å²) >= 11 is 0. The third-order valence-electron chi connectivity index (χ3n) is 2.74. The normalized spacial score (nSPS) is 11.2. The molecule has 0 aliphatic rings. The van der Waals surface area contributed by atoms with Gasteiger partial charge in [0, 0.05) is 24.2 Å². The first kappa shape index (κ1) is 14.5. The van der Waals surface area contributed by atoms with Crippen molar-refractivity contribution in [2.24, 2.45) is 5.73 Å². The summed E-state index contributed by atoms with van der Waals surface area (Å²) in [6.45, 7) is 7.02. The molecule has 1 rings (SSSR count).